The van der Waals surface area contributed by atoms with E-state index in [0.717, 1.165) is 21.0 Å². The predicted molar refractivity (Wildman–Crippen MR) is 115 cm³/mol. The number of nitrogens with one attached hydrogen (secondary N) is 1. The van der Waals surface area contributed by atoms with E-state index in [1.807, 2.05) is 48.5 Å². The van der Waals surface area contributed by atoms with E-state index in [4.69, 9.17) is 4.74 Å². The Bertz CT molecular complexity index is 921. The number of hydrogen-bond donors (Lipinski definition) is 1. The largest absolute Gasteiger partial charge is 0.455 e. The Morgan fingerprint density at radius 1 is 1.18 bits per heavy atom. The number of nitrogens with zero attached hydrogens (tertiary/aromatic N) is 1. The summed E-state index contributed by atoms with van der Waals surface area (Å²) in [6.45, 7) is 4.01. The fourth-order valence-corrected chi connectivity index (χ4v) is 4.42. The van der Waals surface area contributed by atoms with E-state index in [-0.39, 0.29) is 18.3 Å². The van der Waals surface area contributed by atoms with Gasteiger partial charge in [0.15, 0.2) is 10.9 Å². The predicted octanol–water partition coefficient (Wildman–Crippen LogP) is 5.08. The standard InChI is InChI=1S/C21H22N2O3S2/c1-3-14(2)15-8-10-16(11-9-15)22-19(24)12-26-20(25)13-27-21-23-17-6-4-5-7-18(17)28-21/h4-11,14H,3,12-13H2,1-2H3,(H,22,24)/t14-/m0/s1. The first-order valence-electron chi connectivity index (χ1n) is 9.09. The number of anilines is 1. The molecule has 0 bridgehead atoms. The molecule has 28 heavy (non-hydrogen) atoms. The second-order valence-electron chi connectivity index (χ2n) is 6.38. The van der Waals surface area contributed by atoms with Gasteiger partial charge in [0.25, 0.3) is 5.91 Å². The molecule has 1 atom stereocenters. The Hall–Kier alpha value is -2.38. The molecule has 1 N–H and O–H groups in total. The highest BCUT2D eigenvalue weighted by atomic mass is 32.2. The van der Waals surface area contributed by atoms with Gasteiger partial charge in [0.05, 0.1) is 16.0 Å². The maximum Gasteiger partial charge on any atom is 0.316 e. The molecule has 0 aliphatic heterocycles. The minimum Gasteiger partial charge on any atom is -0.455 e. The lowest BCUT2D eigenvalue weighted by Gasteiger charge is -2.10. The van der Waals surface area contributed by atoms with E-state index in [2.05, 4.69) is 24.1 Å². The highest BCUT2D eigenvalue weighted by molar-refractivity contribution is 8.01. The maximum absolute atomic E-state index is 12.0. The molecule has 1 amide bonds. The Labute approximate surface area is 172 Å². The normalized spacial score (nSPS) is 11.9. The smallest absolute Gasteiger partial charge is 0.316 e. The number of thioether (sulfide) groups is 1. The number of rotatable bonds is 8. The lowest BCUT2D eigenvalue weighted by molar-refractivity contribution is -0.144. The summed E-state index contributed by atoms with van der Waals surface area (Å²) in [6, 6.07) is 15.6. The summed E-state index contributed by atoms with van der Waals surface area (Å²) in [5.74, 6) is -0.184. The van der Waals surface area contributed by atoms with Crippen LogP contribution in [0.15, 0.2) is 52.9 Å². The molecule has 0 unspecified atom stereocenters. The molecular weight excluding hydrogens is 392 g/mol. The van der Waals surface area contributed by atoms with Crippen LogP contribution in [0.5, 0.6) is 0 Å². The van der Waals surface area contributed by atoms with Crippen LogP contribution >= 0.6 is 23.1 Å². The van der Waals surface area contributed by atoms with Crippen molar-refractivity contribution in [3.63, 3.8) is 0 Å². The molecule has 1 aromatic heterocycles. The first-order valence-corrected chi connectivity index (χ1v) is 10.9. The van der Waals surface area contributed by atoms with E-state index in [9.17, 15) is 9.59 Å². The van der Waals surface area contributed by atoms with Crippen LogP contribution < -0.4 is 5.32 Å². The summed E-state index contributed by atoms with van der Waals surface area (Å²) in [7, 11) is 0. The van der Waals surface area contributed by atoms with Gasteiger partial charge in [-0.3, -0.25) is 9.59 Å². The van der Waals surface area contributed by atoms with Gasteiger partial charge in [-0.1, -0.05) is 49.9 Å². The Morgan fingerprint density at radius 2 is 1.93 bits per heavy atom. The molecule has 146 valence electrons. The van der Waals surface area contributed by atoms with Crippen molar-refractivity contribution in [2.75, 3.05) is 17.7 Å². The molecule has 3 rings (SSSR count). The Balaban J connectivity index is 1.41. The zero-order chi connectivity index (χ0) is 19.9. The van der Waals surface area contributed by atoms with Crippen molar-refractivity contribution >= 4 is 50.9 Å². The van der Waals surface area contributed by atoms with E-state index >= 15 is 0 Å². The molecule has 0 saturated carbocycles. The quantitative estimate of drug-likeness (QED) is 0.411. The fraction of sp³-hybridized carbons (Fsp3) is 0.286. The molecule has 0 saturated heterocycles. The van der Waals surface area contributed by atoms with E-state index in [1.54, 1.807) is 0 Å². The third-order valence-electron chi connectivity index (χ3n) is 4.33. The van der Waals surface area contributed by atoms with Gasteiger partial charge in [0.2, 0.25) is 0 Å². The van der Waals surface area contributed by atoms with Gasteiger partial charge in [-0.15, -0.1) is 11.3 Å². The van der Waals surface area contributed by atoms with E-state index in [0.29, 0.717) is 11.6 Å². The van der Waals surface area contributed by atoms with Gasteiger partial charge in [0, 0.05) is 5.69 Å². The summed E-state index contributed by atoms with van der Waals surface area (Å²) >= 11 is 2.85. The number of benzene rings is 2. The molecule has 2 aromatic carbocycles. The van der Waals surface area contributed by atoms with Gasteiger partial charge in [-0.2, -0.15) is 0 Å². The molecule has 0 spiro atoms. The van der Waals surface area contributed by atoms with Crippen LogP contribution in [0.4, 0.5) is 5.69 Å². The number of esters is 1. The third kappa shape index (κ3) is 5.56. The van der Waals surface area contributed by atoms with Crippen LogP contribution in [0.25, 0.3) is 10.2 Å². The SMILES string of the molecule is CC[C@H](C)c1ccc(NC(=O)COC(=O)CSc2nc3ccccc3s2)cc1. The highest BCUT2D eigenvalue weighted by Crippen LogP contribution is 2.29. The molecular formula is C21H22N2O3S2. The van der Waals surface area contributed by atoms with Crippen molar-refractivity contribution in [2.45, 2.75) is 30.5 Å². The van der Waals surface area contributed by atoms with Crippen LogP contribution in [0.2, 0.25) is 0 Å². The summed E-state index contributed by atoms with van der Waals surface area (Å²) in [5.41, 5.74) is 2.85. The number of para-hydroxylation sites is 1. The number of hydrogen-bond acceptors (Lipinski definition) is 6. The third-order valence-corrected chi connectivity index (χ3v) is 6.48. The number of thiazole rings is 1. The van der Waals surface area contributed by atoms with Crippen LogP contribution in [-0.2, 0) is 14.3 Å². The number of amides is 1. The highest BCUT2D eigenvalue weighted by Gasteiger charge is 2.11. The monoisotopic (exact) mass is 414 g/mol. The van der Waals surface area contributed by atoms with Crippen molar-refractivity contribution in [3.05, 3.63) is 54.1 Å². The molecule has 0 aliphatic carbocycles. The lowest BCUT2D eigenvalue weighted by atomic mass is 9.99. The number of carbonyl (C=O) groups is 2. The van der Waals surface area contributed by atoms with E-state index < -0.39 is 5.97 Å². The molecule has 0 aliphatic rings. The number of fused-ring (bicyclic) bond motifs is 1. The van der Waals surface area contributed by atoms with Crippen molar-refractivity contribution < 1.29 is 14.3 Å². The first-order chi connectivity index (χ1) is 13.5. The van der Waals surface area contributed by atoms with Crippen molar-refractivity contribution in [1.29, 1.82) is 0 Å². The molecule has 5 nitrogen and oxygen atoms in total. The second kappa shape index (κ2) is 9.71. The zero-order valence-corrected chi connectivity index (χ0v) is 17.4. The summed E-state index contributed by atoms with van der Waals surface area (Å²) in [4.78, 5) is 28.3. The summed E-state index contributed by atoms with van der Waals surface area (Å²) < 4.78 is 6.95. The first kappa shape index (κ1) is 20.4. The Kier molecular flexibility index (Phi) is 7.06. The van der Waals surface area contributed by atoms with Crippen LogP contribution in [0.3, 0.4) is 0 Å². The van der Waals surface area contributed by atoms with Gasteiger partial charge in [-0.25, -0.2) is 4.98 Å². The van der Waals surface area contributed by atoms with Crippen molar-refractivity contribution in [3.8, 4) is 0 Å². The lowest BCUT2D eigenvalue weighted by Crippen LogP contribution is -2.21. The topological polar surface area (TPSA) is 68.3 Å². The zero-order valence-electron chi connectivity index (χ0n) is 15.8. The summed E-state index contributed by atoms with van der Waals surface area (Å²) in [5, 5.41) is 2.74. The van der Waals surface area contributed by atoms with Crippen molar-refractivity contribution in [1.82, 2.24) is 4.98 Å². The average Bonchev–Trinajstić information content (AvgIpc) is 3.13. The minimum atomic E-state index is -0.438. The van der Waals surface area contributed by atoms with Crippen LogP contribution in [0, 0.1) is 0 Å². The van der Waals surface area contributed by atoms with Gasteiger partial charge >= 0.3 is 5.97 Å². The molecule has 7 heteroatoms. The molecule has 3 aromatic rings. The maximum atomic E-state index is 12.0. The molecule has 0 radical (unpaired) electrons. The number of carbonyl (C=O) groups excluding carboxylic acids is 2. The molecule has 1 heterocycles. The molecule has 0 fully saturated rings. The van der Waals surface area contributed by atoms with Gasteiger partial charge < -0.3 is 10.1 Å². The Morgan fingerprint density at radius 3 is 2.64 bits per heavy atom. The van der Waals surface area contributed by atoms with E-state index in [1.165, 1.54) is 28.7 Å². The fourth-order valence-electron chi connectivity index (χ4n) is 2.55. The number of aromatic nitrogens is 1. The number of ether oxygens (including phenoxy) is 1. The van der Waals surface area contributed by atoms with Gasteiger partial charge in [-0.05, 0) is 42.2 Å². The van der Waals surface area contributed by atoms with Gasteiger partial charge in [0.1, 0.15) is 0 Å². The second-order valence-corrected chi connectivity index (χ2v) is 8.63. The minimum absolute atomic E-state index is 0.122. The average molecular weight is 415 g/mol. The summed E-state index contributed by atoms with van der Waals surface area (Å²) in [6.07, 6.45) is 1.07. The van der Waals surface area contributed by atoms with Crippen molar-refractivity contribution in [2.24, 2.45) is 0 Å². The van der Waals surface area contributed by atoms with Crippen LogP contribution in [-0.4, -0.2) is 29.2 Å². The van der Waals surface area contributed by atoms with Crippen LogP contribution in [0.1, 0.15) is 31.7 Å².